The van der Waals surface area contributed by atoms with Crippen molar-refractivity contribution in [3.63, 3.8) is 0 Å². The van der Waals surface area contributed by atoms with Gasteiger partial charge in [-0.2, -0.15) is 0 Å². The van der Waals surface area contributed by atoms with Crippen LogP contribution in [-0.4, -0.2) is 29.2 Å². The zero-order valence-corrected chi connectivity index (χ0v) is 8.78. The van der Waals surface area contributed by atoms with Gasteiger partial charge >= 0.3 is 0 Å². The van der Waals surface area contributed by atoms with Gasteiger partial charge in [0.25, 0.3) is 0 Å². The van der Waals surface area contributed by atoms with Gasteiger partial charge in [-0.15, -0.1) is 0 Å². The van der Waals surface area contributed by atoms with Crippen LogP contribution in [0.2, 0.25) is 0 Å². The van der Waals surface area contributed by atoms with Gasteiger partial charge < -0.3 is 9.84 Å². The molecule has 4 nitrogen and oxygen atoms in total. The van der Waals surface area contributed by atoms with E-state index >= 15 is 0 Å². The van der Waals surface area contributed by atoms with Crippen molar-refractivity contribution in [3.8, 4) is 0 Å². The third kappa shape index (κ3) is 1.93. The lowest BCUT2D eigenvalue weighted by atomic mass is 10.0. The molecule has 2 rings (SSSR count). The minimum absolute atomic E-state index is 0.395. The predicted molar refractivity (Wildman–Crippen MR) is 49.4 cm³/mol. The van der Waals surface area contributed by atoms with Crippen molar-refractivity contribution >= 4 is 0 Å². The molecule has 0 radical (unpaired) electrons. The van der Waals surface area contributed by atoms with Crippen molar-refractivity contribution in [1.29, 1.82) is 0 Å². The predicted octanol–water partition coefficient (Wildman–Crippen LogP) is 1.37. The van der Waals surface area contributed by atoms with E-state index in [-0.39, 0.29) is 0 Å². The van der Waals surface area contributed by atoms with E-state index in [1.165, 1.54) is 0 Å². The number of hydrogen-bond donors (Lipinski definition) is 1. The fourth-order valence-corrected chi connectivity index (χ4v) is 1.89. The summed E-state index contributed by atoms with van der Waals surface area (Å²) in [5.41, 5.74) is -0.916. The Kier molecular flexibility index (Phi) is 2.55. The first kappa shape index (κ1) is 10.4. The first-order valence-corrected chi connectivity index (χ1v) is 5.23. The van der Waals surface area contributed by atoms with Crippen molar-refractivity contribution in [2.24, 2.45) is 0 Å². The fraction of sp³-hybridized carbons (Fsp3) is 1.00. The minimum atomic E-state index is -0.916. The Morgan fingerprint density at radius 2 is 1.93 bits per heavy atom. The Morgan fingerprint density at radius 1 is 1.29 bits per heavy atom. The molecular weight excluding hydrogens is 184 g/mol. The van der Waals surface area contributed by atoms with E-state index in [0.29, 0.717) is 6.61 Å². The number of hydrogen-bond acceptors (Lipinski definition) is 4. The molecule has 14 heavy (non-hydrogen) atoms. The molecule has 0 aromatic carbocycles. The van der Waals surface area contributed by atoms with Crippen LogP contribution in [0.15, 0.2) is 0 Å². The van der Waals surface area contributed by atoms with E-state index in [9.17, 15) is 5.11 Å². The second-order valence-corrected chi connectivity index (χ2v) is 4.75. The van der Waals surface area contributed by atoms with Crippen LogP contribution in [0, 0.1) is 0 Å². The molecule has 0 amide bonds. The molecule has 1 aliphatic heterocycles. The highest BCUT2D eigenvalue weighted by Crippen LogP contribution is 2.38. The van der Waals surface area contributed by atoms with Crippen LogP contribution in [0.3, 0.4) is 0 Å². The fourth-order valence-electron chi connectivity index (χ4n) is 1.89. The van der Waals surface area contributed by atoms with Crippen LogP contribution in [-0.2, 0) is 14.5 Å². The average Bonchev–Trinajstić information content (AvgIpc) is 2.53. The second-order valence-electron chi connectivity index (χ2n) is 4.75. The highest BCUT2D eigenvalue weighted by atomic mass is 17.2. The largest absolute Gasteiger partial charge is 0.388 e. The Bertz CT molecular complexity index is 193. The van der Waals surface area contributed by atoms with Crippen molar-refractivity contribution < 1.29 is 19.6 Å². The molecular formula is C10H18O4. The van der Waals surface area contributed by atoms with Crippen LogP contribution in [0.5, 0.6) is 0 Å². The van der Waals surface area contributed by atoms with Gasteiger partial charge in [-0.3, -0.25) is 0 Å². The maximum absolute atomic E-state index is 9.69. The topological polar surface area (TPSA) is 47.9 Å². The lowest BCUT2D eigenvalue weighted by Crippen LogP contribution is -2.51. The number of aliphatic hydroxyl groups is 1. The summed E-state index contributed by atoms with van der Waals surface area (Å²) in [6.07, 6.45) is 3.64. The van der Waals surface area contributed by atoms with Crippen LogP contribution in [0.4, 0.5) is 0 Å². The summed E-state index contributed by atoms with van der Waals surface area (Å²) in [5.74, 6) is -0.512. The molecule has 0 aromatic heterocycles. The van der Waals surface area contributed by atoms with E-state index in [1.54, 1.807) is 13.8 Å². The maximum Gasteiger partial charge on any atom is 0.201 e. The smallest absolute Gasteiger partial charge is 0.201 e. The molecule has 1 N–H and O–H groups in total. The molecule has 0 bridgehead atoms. The van der Waals surface area contributed by atoms with E-state index in [4.69, 9.17) is 14.5 Å². The maximum atomic E-state index is 9.69. The molecule has 1 saturated carbocycles. The van der Waals surface area contributed by atoms with Gasteiger partial charge in [-0.05, 0) is 26.7 Å². The first-order chi connectivity index (χ1) is 6.52. The minimum Gasteiger partial charge on any atom is -0.388 e. The third-order valence-electron chi connectivity index (χ3n) is 2.97. The summed E-state index contributed by atoms with van der Waals surface area (Å²) in [5, 5.41) is 9.69. The zero-order chi connectivity index (χ0) is 10.2. The van der Waals surface area contributed by atoms with Crippen LogP contribution in [0.1, 0.15) is 39.5 Å². The molecule has 82 valence electrons. The van der Waals surface area contributed by atoms with Gasteiger partial charge in [-0.25, -0.2) is 9.78 Å². The number of rotatable bonds is 1. The molecule has 4 heteroatoms. The van der Waals surface area contributed by atoms with Crippen molar-refractivity contribution in [3.05, 3.63) is 0 Å². The molecule has 1 unspecified atom stereocenters. The second kappa shape index (κ2) is 3.45. The summed E-state index contributed by atoms with van der Waals surface area (Å²) in [6, 6.07) is 0. The van der Waals surface area contributed by atoms with Crippen LogP contribution < -0.4 is 0 Å². The summed E-state index contributed by atoms with van der Waals surface area (Å²) in [4.78, 5) is 10.5. The van der Waals surface area contributed by atoms with E-state index < -0.39 is 17.5 Å². The molecule has 0 aromatic rings. The number of ether oxygens (including phenoxy) is 1. The lowest BCUT2D eigenvalue weighted by Gasteiger charge is -2.39. The summed E-state index contributed by atoms with van der Waals surface area (Å²) >= 11 is 0. The van der Waals surface area contributed by atoms with Gasteiger partial charge in [0, 0.05) is 12.8 Å². The molecule has 2 aliphatic rings. The Hall–Kier alpha value is -0.160. The molecule has 2 fully saturated rings. The SMILES string of the molecule is CC(C)(O)C1COC2(CCCC2)OO1. The molecule has 1 spiro atoms. The van der Waals surface area contributed by atoms with Crippen molar-refractivity contribution in [1.82, 2.24) is 0 Å². The Morgan fingerprint density at radius 3 is 2.36 bits per heavy atom. The van der Waals surface area contributed by atoms with Crippen molar-refractivity contribution in [2.75, 3.05) is 6.61 Å². The first-order valence-electron chi connectivity index (χ1n) is 5.23. The molecule has 1 saturated heterocycles. The van der Waals surface area contributed by atoms with E-state index in [0.717, 1.165) is 25.7 Å². The van der Waals surface area contributed by atoms with Crippen LogP contribution >= 0.6 is 0 Å². The zero-order valence-electron chi connectivity index (χ0n) is 8.78. The third-order valence-corrected chi connectivity index (χ3v) is 2.97. The van der Waals surface area contributed by atoms with Gasteiger partial charge in [0.1, 0.15) is 6.10 Å². The monoisotopic (exact) mass is 202 g/mol. The van der Waals surface area contributed by atoms with E-state index in [1.807, 2.05) is 0 Å². The quantitative estimate of drug-likeness (QED) is 0.652. The Labute approximate surface area is 84.1 Å². The van der Waals surface area contributed by atoms with Crippen LogP contribution in [0.25, 0.3) is 0 Å². The standard InChI is InChI=1S/C10H18O4/c1-9(2,11)8-7-12-10(14-13-8)5-3-4-6-10/h8,11H,3-7H2,1-2H3. The van der Waals surface area contributed by atoms with E-state index in [2.05, 4.69) is 0 Å². The molecule has 1 atom stereocenters. The Balaban J connectivity index is 1.92. The molecule has 1 aliphatic carbocycles. The average molecular weight is 202 g/mol. The van der Waals surface area contributed by atoms with Gasteiger partial charge in [0.05, 0.1) is 12.2 Å². The highest BCUT2D eigenvalue weighted by molar-refractivity contribution is 4.83. The highest BCUT2D eigenvalue weighted by Gasteiger charge is 2.45. The summed E-state index contributed by atoms with van der Waals surface area (Å²) in [7, 11) is 0. The lowest BCUT2D eigenvalue weighted by molar-refractivity contribution is -0.496. The van der Waals surface area contributed by atoms with Gasteiger partial charge in [0.15, 0.2) is 0 Å². The van der Waals surface area contributed by atoms with Gasteiger partial charge in [-0.1, -0.05) is 0 Å². The summed E-state index contributed by atoms with van der Waals surface area (Å²) in [6.45, 7) is 3.79. The summed E-state index contributed by atoms with van der Waals surface area (Å²) < 4.78 is 5.66. The van der Waals surface area contributed by atoms with Crippen molar-refractivity contribution in [2.45, 2.75) is 57.0 Å². The molecule has 1 heterocycles. The normalized spacial score (nSPS) is 32.4. The van der Waals surface area contributed by atoms with Gasteiger partial charge in [0.2, 0.25) is 5.79 Å².